The van der Waals surface area contributed by atoms with Gasteiger partial charge in [0.25, 0.3) is 0 Å². The van der Waals surface area contributed by atoms with E-state index in [-0.39, 0.29) is 38.6 Å². The van der Waals surface area contributed by atoms with Crippen molar-refractivity contribution in [2.24, 2.45) is 0 Å². The van der Waals surface area contributed by atoms with Crippen LogP contribution in [0.4, 0.5) is 0 Å². The fraction of sp³-hybridized carbons (Fsp3) is 0.174. The average molecular weight is 723 g/mol. The largest absolute Gasteiger partial charge is 0.489 e. The first-order valence-electron chi connectivity index (χ1n) is 17.7. The molecule has 54 heavy (non-hydrogen) atoms. The van der Waals surface area contributed by atoms with Crippen LogP contribution in [0.2, 0.25) is 0 Å². The summed E-state index contributed by atoms with van der Waals surface area (Å²) in [6.07, 6.45) is 0. The summed E-state index contributed by atoms with van der Waals surface area (Å²) in [7, 11) is 0. The molecule has 0 aliphatic carbocycles. The molecule has 0 aliphatic heterocycles. The average Bonchev–Trinajstić information content (AvgIpc) is 3.22. The van der Waals surface area contributed by atoms with Crippen molar-refractivity contribution >= 4 is 11.9 Å². The monoisotopic (exact) mass is 722 g/mol. The van der Waals surface area contributed by atoms with E-state index < -0.39 is 11.9 Å². The first kappa shape index (κ1) is 37.2. The Morgan fingerprint density at radius 3 is 1.17 bits per heavy atom. The number of ether oxygens (including phenoxy) is 6. The highest BCUT2D eigenvalue weighted by atomic mass is 16.6. The maximum atomic E-state index is 13.5. The number of aryl methyl sites for hydroxylation is 1. The molecule has 6 rings (SSSR count). The minimum absolute atomic E-state index is 0.148. The van der Waals surface area contributed by atoms with Crippen molar-refractivity contribution in [1.82, 2.24) is 0 Å². The number of hydrogen-bond acceptors (Lipinski definition) is 8. The molecule has 0 aromatic heterocycles. The van der Waals surface area contributed by atoms with Crippen LogP contribution >= 0.6 is 0 Å². The molecule has 0 radical (unpaired) electrons. The van der Waals surface area contributed by atoms with Gasteiger partial charge in [-0.25, -0.2) is 9.59 Å². The van der Waals surface area contributed by atoms with Gasteiger partial charge in [-0.2, -0.15) is 0 Å². The summed E-state index contributed by atoms with van der Waals surface area (Å²) in [6.45, 7) is 4.62. The molecule has 8 heteroatoms. The zero-order chi connectivity index (χ0) is 37.5. The number of carbonyl (C=O) groups excluding carboxylic acids is 2. The van der Waals surface area contributed by atoms with Gasteiger partial charge in [0.1, 0.15) is 45.4 Å². The van der Waals surface area contributed by atoms with Crippen LogP contribution in [0.15, 0.2) is 146 Å². The van der Waals surface area contributed by atoms with Gasteiger partial charge in [-0.1, -0.05) is 121 Å². The van der Waals surface area contributed by atoms with Gasteiger partial charge in [-0.3, -0.25) is 0 Å². The van der Waals surface area contributed by atoms with Crippen molar-refractivity contribution in [2.75, 3.05) is 13.2 Å². The summed E-state index contributed by atoms with van der Waals surface area (Å²) in [4.78, 5) is 26.5. The summed E-state index contributed by atoms with van der Waals surface area (Å²) in [5.41, 5.74) is 6.21. The zero-order valence-corrected chi connectivity index (χ0v) is 30.4. The minimum Gasteiger partial charge on any atom is -0.489 e. The second-order valence-electron chi connectivity index (χ2n) is 12.6. The number of benzene rings is 6. The molecule has 0 bridgehead atoms. The Morgan fingerprint density at radius 1 is 0.426 bits per heavy atom. The molecule has 0 N–H and O–H groups in total. The van der Waals surface area contributed by atoms with Gasteiger partial charge in [0.2, 0.25) is 5.75 Å². The van der Waals surface area contributed by atoms with Gasteiger partial charge < -0.3 is 28.4 Å². The summed E-state index contributed by atoms with van der Waals surface area (Å²) in [5.74, 6) is 0.405. The number of esters is 2. The second-order valence-corrected chi connectivity index (χ2v) is 12.6. The Balaban J connectivity index is 1.15. The highest BCUT2D eigenvalue weighted by Gasteiger charge is 2.21. The summed E-state index contributed by atoms with van der Waals surface area (Å²) in [6, 6.07) is 45.5. The Morgan fingerprint density at radius 2 is 0.759 bits per heavy atom. The predicted molar refractivity (Wildman–Crippen MR) is 206 cm³/mol. The van der Waals surface area contributed by atoms with Crippen LogP contribution in [0.3, 0.4) is 0 Å². The fourth-order valence-corrected chi connectivity index (χ4v) is 5.52. The number of carbonyl (C=O) groups is 2. The van der Waals surface area contributed by atoms with Crippen molar-refractivity contribution < 1.29 is 38.0 Å². The molecular formula is C46H42O8. The molecule has 6 aromatic carbocycles. The van der Waals surface area contributed by atoms with Crippen LogP contribution in [0.1, 0.15) is 54.1 Å². The lowest BCUT2D eigenvalue weighted by Crippen LogP contribution is -2.15. The van der Waals surface area contributed by atoms with E-state index in [1.54, 1.807) is 24.3 Å². The minimum atomic E-state index is -0.641. The fourth-order valence-electron chi connectivity index (χ4n) is 5.52. The maximum Gasteiger partial charge on any atom is 0.338 e. The highest BCUT2D eigenvalue weighted by molar-refractivity contribution is 5.91. The SMILES string of the molecule is Cc1cc(C(=O)OCCOC(=O)c2cc(OCc3ccccc3)c(OCc3ccccc3)c(OCc3ccccc3)c2)cc(OCc2ccccc2)c1C. The zero-order valence-electron chi connectivity index (χ0n) is 30.4. The summed E-state index contributed by atoms with van der Waals surface area (Å²) in [5, 5.41) is 0. The van der Waals surface area contributed by atoms with Crippen LogP contribution in [0.5, 0.6) is 23.0 Å². The van der Waals surface area contributed by atoms with Crippen LogP contribution in [-0.4, -0.2) is 25.2 Å². The van der Waals surface area contributed by atoms with Crippen LogP contribution in [0, 0.1) is 13.8 Å². The van der Waals surface area contributed by atoms with E-state index in [9.17, 15) is 9.59 Å². The molecule has 0 heterocycles. The van der Waals surface area contributed by atoms with Gasteiger partial charge in [-0.05, 0) is 71.5 Å². The van der Waals surface area contributed by atoms with E-state index in [0.29, 0.717) is 35.2 Å². The third-order valence-electron chi connectivity index (χ3n) is 8.60. The van der Waals surface area contributed by atoms with Crippen molar-refractivity contribution in [3.63, 3.8) is 0 Å². The Hall–Kier alpha value is -6.54. The van der Waals surface area contributed by atoms with E-state index in [4.69, 9.17) is 28.4 Å². The molecule has 274 valence electrons. The van der Waals surface area contributed by atoms with Crippen LogP contribution in [-0.2, 0) is 35.9 Å². The molecule has 0 spiro atoms. The lowest BCUT2D eigenvalue weighted by molar-refractivity contribution is 0.0265. The topological polar surface area (TPSA) is 89.5 Å². The molecule has 0 atom stereocenters. The molecule has 6 aromatic rings. The molecule has 0 unspecified atom stereocenters. The van der Waals surface area contributed by atoms with Crippen molar-refractivity contribution in [3.8, 4) is 23.0 Å². The van der Waals surface area contributed by atoms with Crippen molar-refractivity contribution in [2.45, 2.75) is 40.3 Å². The van der Waals surface area contributed by atoms with Gasteiger partial charge >= 0.3 is 11.9 Å². The van der Waals surface area contributed by atoms with Crippen molar-refractivity contribution in [1.29, 1.82) is 0 Å². The standard InChI is InChI=1S/C46H42O8/c1-33-25-39(26-41(34(33)2)51-29-35-15-7-3-8-16-35)45(47)49-23-24-50-46(48)40-27-42(52-30-36-17-9-4-10-18-36)44(54-32-38-21-13-6-14-22-38)43(28-40)53-31-37-19-11-5-12-20-37/h3-22,25-28H,23-24,29-32H2,1-2H3. The van der Waals surface area contributed by atoms with Crippen LogP contribution < -0.4 is 18.9 Å². The second kappa shape index (κ2) is 18.8. The van der Waals surface area contributed by atoms with E-state index in [2.05, 4.69) is 0 Å². The van der Waals surface area contributed by atoms with E-state index >= 15 is 0 Å². The summed E-state index contributed by atoms with van der Waals surface area (Å²) >= 11 is 0. The lowest BCUT2D eigenvalue weighted by atomic mass is 10.0. The van der Waals surface area contributed by atoms with Crippen LogP contribution in [0.25, 0.3) is 0 Å². The van der Waals surface area contributed by atoms with Gasteiger partial charge in [0, 0.05) is 0 Å². The first-order valence-corrected chi connectivity index (χ1v) is 17.7. The van der Waals surface area contributed by atoms with Gasteiger partial charge in [0.15, 0.2) is 11.5 Å². The van der Waals surface area contributed by atoms with Crippen molar-refractivity contribution in [3.05, 3.63) is 190 Å². The summed E-state index contributed by atoms with van der Waals surface area (Å²) < 4.78 is 36.0. The van der Waals surface area contributed by atoms with E-state index in [1.165, 1.54) is 0 Å². The molecular weight excluding hydrogens is 680 g/mol. The first-order chi connectivity index (χ1) is 26.4. The normalized spacial score (nSPS) is 10.6. The van der Waals surface area contributed by atoms with Gasteiger partial charge in [-0.15, -0.1) is 0 Å². The lowest BCUT2D eigenvalue weighted by Gasteiger charge is -2.19. The molecule has 0 saturated carbocycles. The molecule has 8 nitrogen and oxygen atoms in total. The Bertz CT molecular complexity index is 2050. The number of hydrogen-bond donors (Lipinski definition) is 0. The maximum absolute atomic E-state index is 13.5. The highest BCUT2D eigenvalue weighted by Crippen LogP contribution is 2.41. The molecule has 0 amide bonds. The molecule has 0 fully saturated rings. The Labute approximate surface area is 315 Å². The number of rotatable bonds is 17. The van der Waals surface area contributed by atoms with Gasteiger partial charge in [0.05, 0.1) is 11.1 Å². The quantitative estimate of drug-likeness (QED) is 0.0680. The molecule has 0 saturated heterocycles. The Kier molecular flexibility index (Phi) is 13.0. The smallest absolute Gasteiger partial charge is 0.338 e. The third-order valence-corrected chi connectivity index (χ3v) is 8.60. The van der Waals surface area contributed by atoms with E-state index in [0.717, 1.165) is 33.4 Å². The molecule has 0 aliphatic rings. The predicted octanol–water partition coefficient (Wildman–Crippen LogP) is 9.63. The van der Waals surface area contributed by atoms with E-state index in [1.807, 2.05) is 135 Å². The third kappa shape index (κ3) is 10.5.